The van der Waals surface area contributed by atoms with Crippen LogP contribution in [-0.4, -0.2) is 23.2 Å². The van der Waals surface area contributed by atoms with Gasteiger partial charge < -0.3 is 15.5 Å². The molecule has 0 bridgehead atoms. The Labute approximate surface area is 77.5 Å². The molecule has 0 aliphatic carbocycles. The van der Waals surface area contributed by atoms with E-state index in [9.17, 15) is 0 Å². The lowest BCUT2D eigenvalue weighted by atomic mass is 9.94. The summed E-state index contributed by atoms with van der Waals surface area (Å²) >= 11 is 0. The van der Waals surface area contributed by atoms with Gasteiger partial charge >= 0.3 is 0 Å². The highest BCUT2D eigenvalue weighted by molar-refractivity contribution is 4.97. The van der Waals surface area contributed by atoms with E-state index in [1.54, 1.807) is 12.4 Å². The van der Waals surface area contributed by atoms with Crippen LogP contribution in [0.5, 0.6) is 0 Å². The second-order valence-electron chi connectivity index (χ2n) is 3.48. The number of hydrogen-bond donors (Lipinski definition) is 2. The van der Waals surface area contributed by atoms with Crippen LogP contribution < -0.4 is 5.73 Å². The molecule has 4 nitrogen and oxygen atoms in total. The van der Waals surface area contributed by atoms with Crippen molar-refractivity contribution < 1.29 is 4.74 Å². The van der Waals surface area contributed by atoms with E-state index in [1.807, 2.05) is 0 Å². The first-order valence-electron chi connectivity index (χ1n) is 4.70. The lowest BCUT2D eigenvalue weighted by molar-refractivity contribution is 0.0437. The van der Waals surface area contributed by atoms with Crippen LogP contribution in [0.3, 0.4) is 0 Å². The van der Waals surface area contributed by atoms with Crippen LogP contribution in [0.2, 0.25) is 0 Å². The van der Waals surface area contributed by atoms with E-state index in [0.29, 0.717) is 5.92 Å². The summed E-state index contributed by atoms with van der Waals surface area (Å²) in [5, 5.41) is 0. The number of ether oxygens (including phenoxy) is 1. The fraction of sp³-hybridized carbons (Fsp3) is 0.667. The van der Waals surface area contributed by atoms with Crippen molar-refractivity contribution in [3.63, 3.8) is 0 Å². The van der Waals surface area contributed by atoms with Crippen molar-refractivity contribution in [3.8, 4) is 0 Å². The first kappa shape index (κ1) is 8.72. The molecule has 13 heavy (non-hydrogen) atoms. The van der Waals surface area contributed by atoms with Crippen LogP contribution in [-0.2, 0) is 4.74 Å². The summed E-state index contributed by atoms with van der Waals surface area (Å²) in [4.78, 5) is 7.20. The van der Waals surface area contributed by atoms with Crippen molar-refractivity contribution in [2.24, 2.45) is 11.7 Å². The van der Waals surface area contributed by atoms with Crippen molar-refractivity contribution in [1.29, 1.82) is 0 Å². The maximum Gasteiger partial charge on any atom is 0.123 e. The van der Waals surface area contributed by atoms with Gasteiger partial charge in [0, 0.05) is 24.9 Å². The summed E-state index contributed by atoms with van der Waals surface area (Å²) in [6.45, 7) is 1.64. The number of hydrogen-bond acceptors (Lipinski definition) is 3. The highest BCUT2D eigenvalue weighted by Gasteiger charge is 2.23. The predicted molar refractivity (Wildman–Crippen MR) is 49.1 cm³/mol. The Hall–Kier alpha value is -0.870. The average Bonchev–Trinajstić information content (AvgIpc) is 2.71. The monoisotopic (exact) mass is 181 g/mol. The summed E-state index contributed by atoms with van der Waals surface area (Å²) in [6.07, 6.45) is 5.79. The van der Waals surface area contributed by atoms with Gasteiger partial charge in [0.1, 0.15) is 5.82 Å². The Morgan fingerprint density at radius 1 is 1.69 bits per heavy atom. The minimum Gasteiger partial charge on any atom is -0.381 e. The zero-order chi connectivity index (χ0) is 9.10. The minimum absolute atomic E-state index is 0.00435. The predicted octanol–water partition coefficient (Wildman–Crippen LogP) is 0.836. The molecule has 1 saturated heterocycles. The lowest BCUT2D eigenvalue weighted by Gasteiger charge is -2.26. The average molecular weight is 181 g/mol. The number of H-pyrrole nitrogens is 1. The molecule has 1 aromatic rings. The van der Waals surface area contributed by atoms with Crippen LogP contribution >= 0.6 is 0 Å². The van der Waals surface area contributed by atoms with Gasteiger partial charge in [0.25, 0.3) is 0 Å². The van der Waals surface area contributed by atoms with Gasteiger partial charge in [0.05, 0.1) is 12.6 Å². The van der Waals surface area contributed by atoms with E-state index >= 15 is 0 Å². The molecule has 2 unspecified atom stereocenters. The second kappa shape index (κ2) is 3.89. The fourth-order valence-corrected chi connectivity index (χ4v) is 1.73. The molecule has 0 aromatic carbocycles. The van der Waals surface area contributed by atoms with Crippen molar-refractivity contribution >= 4 is 0 Å². The molecule has 1 aliphatic rings. The highest BCUT2D eigenvalue weighted by atomic mass is 16.5. The number of nitrogens with two attached hydrogens (primary N) is 1. The van der Waals surface area contributed by atoms with Gasteiger partial charge in [-0.15, -0.1) is 0 Å². The molecule has 2 heterocycles. The Kier molecular flexibility index (Phi) is 2.61. The topological polar surface area (TPSA) is 63.9 Å². The number of rotatable bonds is 2. The van der Waals surface area contributed by atoms with Crippen LogP contribution in [0, 0.1) is 5.92 Å². The van der Waals surface area contributed by atoms with Gasteiger partial charge in [0.15, 0.2) is 0 Å². The summed E-state index contributed by atoms with van der Waals surface area (Å²) < 4.78 is 5.38. The molecule has 1 fully saturated rings. The SMILES string of the molecule is NC(c1ncc[nH]1)C1CCCOC1. The minimum atomic E-state index is -0.00435. The maximum absolute atomic E-state index is 6.04. The highest BCUT2D eigenvalue weighted by Crippen LogP contribution is 2.24. The van der Waals surface area contributed by atoms with Gasteiger partial charge in [-0.2, -0.15) is 0 Å². The number of nitrogens with one attached hydrogen (secondary N) is 1. The molecule has 0 spiro atoms. The van der Waals surface area contributed by atoms with Gasteiger partial charge in [-0.25, -0.2) is 4.98 Å². The van der Waals surface area contributed by atoms with Crippen LogP contribution in [0.15, 0.2) is 12.4 Å². The fourth-order valence-electron chi connectivity index (χ4n) is 1.73. The Morgan fingerprint density at radius 3 is 3.23 bits per heavy atom. The normalized spacial score (nSPS) is 25.8. The third-order valence-electron chi connectivity index (χ3n) is 2.54. The van der Waals surface area contributed by atoms with Crippen molar-refractivity contribution in [2.75, 3.05) is 13.2 Å². The van der Waals surface area contributed by atoms with Gasteiger partial charge in [-0.1, -0.05) is 0 Å². The van der Waals surface area contributed by atoms with Crippen LogP contribution in [0.4, 0.5) is 0 Å². The van der Waals surface area contributed by atoms with Crippen LogP contribution in [0.1, 0.15) is 24.7 Å². The smallest absolute Gasteiger partial charge is 0.123 e. The van der Waals surface area contributed by atoms with Crippen molar-refractivity contribution in [1.82, 2.24) is 9.97 Å². The molecule has 1 aromatic heterocycles. The first-order valence-corrected chi connectivity index (χ1v) is 4.70. The Morgan fingerprint density at radius 2 is 2.62 bits per heavy atom. The number of nitrogens with zero attached hydrogens (tertiary/aromatic N) is 1. The molecule has 3 N–H and O–H groups in total. The number of aromatic amines is 1. The summed E-state index contributed by atoms with van der Waals surface area (Å²) in [6, 6.07) is -0.00435. The molecule has 2 rings (SSSR count). The standard InChI is InChI=1S/C9H15N3O/c10-8(9-11-3-4-12-9)7-2-1-5-13-6-7/h3-4,7-8H,1-2,5-6,10H2,(H,11,12). The van der Waals surface area contributed by atoms with E-state index in [-0.39, 0.29) is 6.04 Å². The molecule has 2 atom stereocenters. The molecular weight excluding hydrogens is 166 g/mol. The molecular formula is C9H15N3O. The molecule has 72 valence electrons. The zero-order valence-corrected chi connectivity index (χ0v) is 7.57. The Bertz CT molecular complexity index is 241. The molecule has 0 radical (unpaired) electrons. The first-order chi connectivity index (χ1) is 6.38. The summed E-state index contributed by atoms with van der Waals surface area (Å²) in [5.74, 6) is 1.29. The Balaban J connectivity index is 1.99. The quantitative estimate of drug-likeness (QED) is 0.710. The van der Waals surface area contributed by atoms with Gasteiger partial charge in [-0.05, 0) is 12.8 Å². The largest absolute Gasteiger partial charge is 0.381 e. The lowest BCUT2D eigenvalue weighted by Crippen LogP contribution is -2.29. The molecule has 4 heteroatoms. The number of imidazole rings is 1. The van der Waals surface area contributed by atoms with E-state index < -0.39 is 0 Å². The zero-order valence-electron chi connectivity index (χ0n) is 7.57. The van der Waals surface area contributed by atoms with Crippen molar-refractivity contribution in [2.45, 2.75) is 18.9 Å². The van der Waals surface area contributed by atoms with E-state index in [4.69, 9.17) is 10.5 Å². The van der Waals surface area contributed by atoms with Gasteiger partial charge in [-0.3, -0.25) is 0 Å². The third kappa shape index (κ3) is 1.89. The molecule has 0 saturated carbocycles. The van der Waals surface area contributed by atoms with E-state index in [0.717, 1.165) is 31.9 Å². The van der Waals surface area contributed by atoms with E-state index in [2.05, 4.69) is 9.97 Å². The maximum atomic E-state index is 6.04. The number of aromatic nitrogens is 2. The van der Waals surface area contributed by atoms with E-state index in [1.165, 1.54) is 0 Å². The molecule has 1 aliphatic heterocycles. The van der Waals surface area contributed by atoms with Crippen molar-refractivity contribution in [3.05, 3.63) is 18.2 Å². The third-order valence-corrected chi connectivity index (χ3v) is 2.54. The summed E-state index contributed by atoms with van der Waals surface area (Å²) in [7, 11) is 0. The van der Waals surface area contributed by atoms with Crippen LogP contribution in [0.25, 0.3) is 0 Å². The van der Waals surface area contributed by atoms with Gasteiger partial charge in [0.2, 0.25) is 0 Å². The summed E-state index contributed by atoms with van der Waals surface area (Å²) in [5.41, 5.74) is 6.04. The molecule has 0 amide bonds. The second-order valence-corrected chi connectivity index (χ2v) is 3.48.